The summed E-state index contributed by atoms with van der Waals surface area (Å²) in [5, 5.41) is 0.997. The predicted octanol–water partition coefficient (Wildman–Crippen LogP) is 2.43. The molecule has 1 saturated heterocycles. The molecular weight excluding hydrogens is 262 g/mol. The Labute approximate surface area is 125 Å². The molecule has 1 unspecified atom stereocenters. The zero-order valence-corrected chi connectivity index (χ0v) is 12.5. The number of nitrogens with zero attached hydrogens (tertiary/aromatic N) is 2. The third-order valence-electron chi connectivity index (χ3n) is 4.45. The maximum absolute atomic E-state index is 12.7. The normalized spacial score (nSPS) is 21.5. The highest BCUT2D eigenvalue weighted by Gasteiger charge is 2.35. The van der Waals surface area contributed by atoms with Gasteiger partial charge in [-0.3, -0.25) is 9.78 Å². The van der Waals surface area contributed by atoms with Crippen LogP contribution >= 0.6 is 0 Å². The molecular formula is C17H21N3O. The van der Waals surface area contributed by atoms with Crippen LogP contribution in [0.2, 0.25) is 0 Å². The Kier molecular flexibility index (Phi) is 3.41. The van der Waals surface area contributed by atoms with E-state index in [4.69, 9.17) is 5.73 Å². The summed E-state index contributed by atoms with van der Waals surface area (Å²) in [5.41, 5.74) is 7.74. The average molecular weight is 283 g/mol. The Morgan fingerprint density at radius 1 is 1.38 bits per heavy atom. The monoisotopic (exact) mass is 283 g/mol. The molecule has 0 spiro atoms. The highest BCUT2D eigenvalue weighted by molar-refractivity contribution is 5.98. The van der Waals surface area contributed by atoms with Crippen LogP contribution in [0, 0.1) is 5.41 Å². The summed E-state index contributed by atoms with van der Waals surface area (Å²) in [6.07, 6.45) is 2.62. The molecule has 21 heavy (non-hydrogen) atoms. The van der Waals surface area contributed by atoms with Gasteiger partial charge < -0.3 is 10.6 Å². The number of hydrogen-bond donors (Lipinski definition) is 1. The fourth-order valence-corrected chi connectivity index (χ4v) is 2.94. The van der Waals surface area contributed by atoms with E-state index < -0.39 is 0 Å². The van der Waals surface area contributed by atoms with Gasteiger partial charge in [0.2, 0.25) is 0 Å². The minimum absolute atomic E-state index is 0.0354. The number of amides is 1. The second-order valence-corrected chi connectivity index (χ2v) is 6.52. The lowest BCUT2D eigenvalue weighted by molar-refractivity contribution is 0.0533. The van der Waals surface area contributed by atoms with Crippen LogP contribution in [-0.2, 0) is 0 Å². The fraction of sp³-hybridized carbons (Fsp3) is 0.412. The molecule has 0 aliphatic carbocycles. The van der Waals surface area contributed by atoms with Crippen molar-refractivity contribution in [3.63, 3.8) is 0 Å². The van der Waals surface area contributed by atoms with Gasteiger partial charge in [-0.25, -0.2) is 0 Å². The molecule has 2 aromatic rings. The Morgan fingerprint density at radius 3 is 2.95 bits per heavy atom. The molecule has 0 bridgehead atoms. The molecule has 4 heteroatoms. The van der Waals surface area contributed by atoms with Crippen molar-refractivity contribution in [3.8, 4) is 0 Å². The summed E-state index contributed by atoms with van der Waals surface area (Å²) in [4.78, 5) is 18.9. The second kappa shape index (κ2) is 5.11. The van der Waals surface area contributed by atoms with Gasteiger partial charge in [0.05, 0.1) is 5.52 Å². The van der Waals surface area contributed by atoms with Crippen molar-refractivity contribution in [2.75, 3.05) is 13.1 Å². The van der Waals surface area contributed by atoms with Gasteiger partial charge in [0.25, 0.3) is 5.91 Å². The molecule has 110 valence electrons. The second-order valence-electron chi connectivity index (χ2n) is 6.52. The average Bonchev–Trinajstić information content (AvgIpc) is 2.48. The van der Waals surface area contributed by atoms with Gasteiger partial charge >= 0.3 is 0 Å². The largest absolute Gasteiger partial charge is 0.338 e. The van der Waals surface area contributed by atoms with E-state index in [0.29, 0.717) is 6.54 Å². The first-order valence-corrected chi connectivity index (χ1v) is 7.37. The molecule has 1 aliphatic rings. The van der Waals surface area contributed by atoms with Gasteiger partial charge in [0.1, 0.15) is 0 Å². The number of rotatable bonds is 1. The molecule has 2 N–H and O–H groups in total. The number of piperidine rings is 1. The zero-order valence-electron chi connectivity index (χ0n) is 12.5. The Hall–Kier alpha value is -1.94. The van der Waals surface area contributed by atoms with Crippen molar-refractivity contribution in [3.05, 3.63) is 42.1 Å². The standard InChI is InChI=1S/C17H21N3O/c1-17(2)11-20(9-7-15(17)18)16(21)13-5-6-14-12(10-13)4-3-8-19-14/h3-6,8,10,15H,7,9,11,18H2,1-2H3. The van der Waals surface area contributed by atoms with Crippen molar-refractivity contribution >= 4 is 16.8 Å². The third kappa shape index (κ3) is 2.63. The van der Waals surface area contributed by atoms with Gasteiger partial charge in [-0.2, -0.15) is 0 Å². The van der Waals surface area contributed by atoms with Gasteiger partial charge in [0, 0.05) is 36.3 Å². The molecule has 1 aliphatic heterocycles. The molecule has 1 fully saturated rings. The molecule has 1 atom stereocenters. The number of carbonyl (C=O) groups is 1. The number of aromatic nitrogens is 1. The molecule has 1 aromatic carbocycles. The van der Waals surface area contributed by atoms with Gasteiger partial charge in [0.15, 0.2) is 0 Å². The maximum Gasteiger partial charge on any atom is 0.253 e. The molecule has 0 saturated carbocycles. The highest BCUT2D eigenvalue weighted by Crippen LogP contribution is 2.28. The number of fused-ring (bicyclic) bond motifs is 1. The van der Waals surface area contributed by atoms with E-state index in [0.717, 1.165) is 29.4 Å². The van der Waals surface area contributed by atoms with Crippen LogP contribution in [0.5, 0.6) is 0 Å². The van der Waals surface area contributed by atoms with Crippen LogP contribution < -0.4 is 5.73 Å². The van der Waals surface area contributed by atoms with Crippen LogP contribution in [0.1, 0.15) is 30.6 Å². The summed E-state index contributed by atoms with van der Waals surface area (Å²) in [7, 11) is 0. The minimum atomic E-state index is -0.0354. The van der Waals surface area contributed by atoms with E-state index in [1.165, 1.54) is 0 Å². The molecule has 0 radical (unpaired) electrons. The van der Waals surface area contributed by atoms with Crippen molar-refractivity contribution < 1.29 is 4.79 Å². The molecule has 2 heterocycles. The van der Waals surface area contributed by atoms with Crippen molar-refractivity contribution in [2.24, 2.45) is 11.1 Å². The third-order valence-corrected chi connectivity index (χ3v) is 4.45. The summed E-state index contributed by atoms with van der Waals surface area (Å²) in [5.74, 6) is 0.0840. The molecule has 4 nitrogen and oxygen atoms in total. The van der Waals surface area contributed by atoms with Crippen molar-refractivity contribution in [1.82, 2.24) is 9.88 Å². The number of benzene rings is 1. The summed E-state index contributed by atoms with van der Waals surface area (Å²) in [6, 6.07) is 9.71. The number of hydrogen-bond acceptors (Lipinski definition) is 3. The Morgan fingerprint density at radius 2 is 2.19 bits per heavy atom. The number of likely N-dealkylation sites (tertiary alicyclic amines) is 1. The van der Waals surface area contributed by atoms with E-state index in [2.05, 4.69) is 18.8 Å². The first kappa shape index (κ1) is 14.0. The Balaban J connectivity index is 1.87. The summed E-state index contributed by atoms with van der Waals surface area (Å²) >= 11 is 0. The number of carbonyl (C=O) groups excluding carboxylic acids is 1. The highest BCUT2D eigenvalue weighted by atomic mass is 16.2. The topological polar surface area (TPSA) is 59.2 Å². The van der Waals surface area contributed by atoms with Crippen LogP contribution in [0.4, 0.5) is 0 Å². The zero-order chi connectivity index (χ0) is 15.0. The Bertz CT molecular complexity index is 681. The molecule has 1 aromatic heterocycles. The molecule has 3 rings (SSSR count). The van der Waals surface area contributed by atoms with E-state index in [1.54, 1.807) is 6.20 Å². The predicted molar refractivity (Wildman–Crippen MR) is 84.0 cm³/mol. The van der Waals surface area contributed by atoms with Crippen LogP contribution in [0.15, 0.2) is 36.5 Å². The molecule has 1 amide bonds. The van der Waals surface area contributed by atoms with Gasteiger partial charge in [-0.15, -0.1) is 0 Å². The fourth-order valence-electron chi connectivity index (χ4n) is 2.94. The van der Waals surface area contributed by atoms with E-state index in [9.17, 15) is 4.79 Å². The number of pyridine rings is 1. The first-order valence-electron chi connectivity index (χ1n) is 7.37. The lowest BCUT2D eigenvalue weighted by atomic mass is 9.79. The quantitative estimate of drug-likeness (QED) is 0.874. The van der Waals surface area contributed by atoms with Crippen molar-refractivity contribution in [1.29, 1.82) is 0 Å². The SMILES string of the molecule is CC1(C)CN(C(=O)c2ccc3ncccc3c2)CCC1N. The van der Waals surface area contributed by atoms with Gasteiger partial charge in [-0.1, -0.05) is 19.9 Å². The minimum Gasteiger partial charge on any atom is -0.338 e. The van der Waals surface area contributed by atoms with Gasteiger partial charge in [-0.05, 0) is 36.1 Å². The van der Waals surface area contributed by atoms with Crippen LogP contribution in [0.3, 0.4) is 0 Å². The maximum atomic E-state index is 12.7. The number of nitrogens with two attached hydrogens (primary N) is 1. The summed E-state index contributed by atoms with van der Waals surface area (Å²) < 4.78 is 0. The van der Waals surface area contributed by atoms with E-state index in [1.807, 2.05) is 35.2 Å². The smallest absolute Gasteiger partial charge is 0.253 e. The first-order chi connectivity index (χ1) is 9.97. The van der Waals surface area contributed by atoms with Crippen LogP contribution in [0.25, 0.3) is 10.9 Å². The van der Waals surface area contributed by atoms with Crippen molar-refractivity contribution in [2.45, 2.75) is 26.3 Å². The van der Waals surface area contributed by atoms with E-state index in [-0.39, 0.29) is 17.4 Å². The lowest BCUT2D eigenvalue weighted by Crippen LogP contribution is -2.53. The van der Waals surface area contributed by atoms with Crippen LogP contribution in [-0.4, -0.2) is 34.9 Å². The summed E-state index contributed by atoms with van der Waals surface area (Å²) in [6.45, 7) is 5.69. The lowest BCUT2D eigenvalue weighted by Gasteiger charge is -2.42. The van der Waals surface area contributed by atoms with E-state index >= 15 is 0 Å².